The van der Waals surface area contributed by atoms with E-state index in [1.807, 2.05) is 0 Å². The van der Waals surface area contributed by atoms with Crippen molar-refractivity contribution >= 4 is 167 Å². The van der Waals surface area contributed by atoms with Crippen molar-refractivity contribution in [3.8, 4) is 22.3 Å². The van der Waals surface area contributed by atoms with Gasteiger partial charge in [0.25, 0.3) is 0 Å². The van der Waals surface area contributed by atoms with Crippen LogP contribution in [0.15, 0.2) is 97.1 Å². The van der Waals surface area contributed by atoms with Crippen LogP contribution in [0.2, 0.25) is 0 Å². The van der Waals surface area contributed by atoms with E-state index in [1.54, 1.807) is 0 Å². The summed E-state index contributed by atoms with van der Waals surface area (Å²) >= 11 is 0. The summed E-state index contributed by atoms with van der Waals surface area (Å²) in [7, 11) is 31.8. The van der Waals surface area contributed by atoms with Gasteiger partial charge < -0.3 is 21.5 Å². The van der Waals surface area contributed by atoms with Crippen molar-refractivity contribution in [1.29, 1.82) is 0 Å². The van der Waals surface area contributed by atoms with Gasteiger partial charge in [-0.15, -0.1) is 0 Å². The van der Waals surface area contributed by atoms with Gasteiger partial charge in [0.1, 0.15) is 26.2 Å². The molecule has 54 heavy (non-hydrogen) atoms. The maximum atomic E-state index is 4.11. The molecule has 8 aromatic carbocycles. The van der Waals surface area contributed by atoms with Crippen LogP contribution < -0.4 is 58.5 Å². The highest BCUT2D eigenvalue weighted by Crippen LogP contribution is 2.48. The Hall–Kier alpha value is -3.02. The summed E-state index contributed by atoms with van der Waals surface area (Å²) in [5.41, 5.74) is 10.7. The van der Waals surface area contributed by atoms with Gasteiger partial charge in [-0.25, -0.2) is 0 Å². The molecule has 0 bridgehead atoms. The third-order valence-electron chi connectivity index (χ3n) is 11.4. The largest absolute Gasteiger partial charge is 1.00 e. The molecule has 24 radical (unpaired) electrons. The van der Waals surface area contributed by atoms with Crippen LogP contribution in [0.25, 0.3) is 65.3 Å². The van der Waals surface area contributed by atoms with E-state index in [4.69, 9.17) is 0 Å². The Morgan fingerprint density at radius 2 is 0.519 bits per heavy atom. The summed E-state index contributed by atoms with van der Waals surface area (Å²) in [5, 5.41) is 18.5. The molecule has 0 N–H and O–H groups in total. The molecule has 0 atom stereocenters. The number of fused-ring (bicyclic) bond motifs is 14. The average Bonchev–Trinajstić information content (AvgIpc) is 3.32. The summed E-state index contributed by atoms with van der Waals surface area (Å²) < 4.78 is 0.835. The summed E-state index contributed by atoms with van der Waals surface area (Å²) in [6.45, 7) is 3.46. The summed E-state index contributed by atoms with van der Waals surface area (Å²) in [5.74, 6) is 0. The van der Waals surface area contributed by atoms with Crippen molar-refractivity contribution in [1.82, 2.24) is 0 Å². The summed E-state index contributed by atoms with van der Waals surface area (Å²) in [4.78, 5) is 0. The van der Waals surface area contributed by atoms with Gasteiger partial charge in [-0.05, 0) is 65.3 Å². The first-order valence-corrected chi connectivity index (χ1v) is 21.4. The second kappa shape index (κ2) is 13.3. The molecular formula is C44H24BrNSi8. The van der Waals surface area contributed by atoms with E-state index in [1.165, 1.54) is 87.6 Å². The second-order valence-corrected chi connectivity index (χ2v) is 19.3. The van der Waals surface area contributed by atoms with Crippen molar-refractivity contribution in [2.24, 2.45) is 0 Å². The fourth-order valence-corrected chi connectivity index (χ4v) is 11.8. The van der Waals surface area contributed by atoms with Crippen LogP contribution in [0.5, 0.6) is 0 Å². The van der Waals surface area contributed by atoms with Gasteiger partial charge in [-0.1, -0.05) is 139 Å². The van der Waals surface area contributed by atoms with Crippen LogP contribution >= 0.6 is 0 Å². The van der Waals surface area contributed by atoms with E-state index in [9.17, 15) is 0 Å². The lowest BCUT2D eigenvalue weighted by atomic mass is 9.88. The third kappa shape index (κ3) is 5.67. The lowest BCUT2D eigenvalue weighted by Gasteiger charge is -2.38. The van der Waals surface area contributed by atoms with E-state index in [0.717, 1.165) is 72.2 Å². The van der Waals surface area contributed by atoms with Crippen LogP contribution in [0.4, 0.5) is 0 Å². The molecule has 0 fully saturated rings. The number of hydrogen-bond donors (Lipinski definition) is 0. The quantitative estimate of drug-likeness (QED) is 0.129. The molecule has 0 aliphatic carbocycles. The molecule has 0 unspecified atom stereocenters. The van der Waals surface area contributed by atoms with E-state index < -0.39 is 0 Å². The molecule has 1 nitrogen and oxygen atoms in total. The van der Waals surface area contributed by atoms with Gasteiger partial charge in [0.05, 0.1) is 81.9 Å². The molecule has 10 heteroatoms. The normalized spacial score (nSPS) is 14.4. The topological polar surface area (TPSA) is 0 Å². The highest BCUT2D eigenvalue weighted by atomic mass is 79.9. The zero-order chi connectivity index (χ0) is 36.5. The van der Waals surface area contributed by atoms with Gasteiger partial charge in [0.15, 0.2) is 0 Å². The maximum absolute atomic E-state index is 4.11. The Morgan fingerprint density at radius 1 is 0.296 bits per heavy atom. The molecule has 8 aromatic rings. The van der Waals surface area contributed by atoms with Crippen LogP contribution in [-0.2, 0) is 26.2 Å². The zero-order valence-corrected chi connectivity index (χ0v) is 38.5. The highest BCUT2D eigenvalue weighted by molar-refractivity contribution is 6.45. The molecule has 0 amide bonds. The number of nitrogens with zero attached hydrogens (tertiary/aromatic N) is 1. The minimum atomic E-state index is 0. The molecule has 244 valence electrons. The van der Waals surface area contributed by atoms with Gasteiger partial charge in [-0.3, -0.25) is 0 Å². The Morgan fingerprint density at radius 3 is 0.741 bits per heavy atom. The first-order valence-electron chi connectivity index (χ1n) is 17.4. The van der Waals surface area contributed by atoms with E-state index in [-0.39, 0.29) is 17.0 Å². The molecule has 0 saturated carbocycles. The monoisotopic (exact) mass is 869 g/mol. The van der Waals surface area contributed by atoms with E-state index in [2.05, 4.69) is 179 Å². The van der Waals surface area contributed by atoms with Crippen molar-refractivity contribution in [2.45, 2.75) is 26.2 Å². The van der Waals surface area contributed by atoms with E-state index >= 15 is 0 Å². The van der Waals surface area contributed by atoms with Gasteiger partial charge in [0, 0.05) is 22.3 Å². The molecule has 0 aromatic heterocycles. The van der Waals surface area contributed by atoms with Crippen molar-refractivity contribution in [3.63, 3.8) is 0 Å². The van der Waals surface area contributed by atoms with Crippen molar-refractivity contribution in [3.05, 3.63) is 119 Å². The van der Waals surface area contributed by atoms with Gasteiger partial charge in [-0.2, -0.15) is 0 Å². The molecule has 2 heterocycles. The standard InChI is InChI=1S/C44H24NSi8.BrH/c46-25-1-5-29-33(13-25)37(50)9-21-17-45(18-22-10-38(51)34-14-26(47)2-6-30(34)42(22)41(21)29)19-23-11-39(52)35-15-27(48)3-7-31(35)43(23)44-24(20-45)12-40(53)36-16-28(49)4-8-32(36)44;/h1-16H,17-20H2;1H/q+1;/p-1. The predicted molar refractivity (Wildman–Crippen MR) is 232 cm³/mol. The fourth-order valence-electron chi connectivity index (χ4n) is 9.39. The van der Waals surface area contributed by atoms with Crippen LogP contribution in [0.1, 0.15) is 22.3 Å². The van der Waals surface area contributed by atoms with Gasteiger partial charge in [0.2, 0.25) is 0 Å². The Balaban J connectivity index is 0.00000384. The van der Waals surface area contributed by atoms with Crippen LogP contribution in [0, 0.1) is 0 Å². The number of halogens is 1. The first-order chi connectivity index (χ1) is 25.5. The lowest BCUT2D eigenvalue weighted by molar-refractivity contribution is -0.977. The molecule has 1 spiro atoms. The molecular weight excluding hydrogens is 847 g/mol. The minimum Gasteiger partial charge on any atom is -1.00 e. The Bertz CT molecular complexity index is 2560. The van der Waals surface area contributed by atoms with Crippen molar-refractivity contribution < 1.29 is 21.5 Å². The molecule has 2 aliphatic rings. The summed E-state index contributed by atoms with van der Waals surface area (Å²) in [6, 6.07) is 36.4. The highest BCUT2D eigenvalue weighted by Gasteiger charge is 2.40. The van der Waals surface area contributed by atoms with Gasteiger partial charge >= 0.3 is 0 Å². The molecule has 2 aliphatic heterocycles. The second-order valence-electron chi connectivity index (χ2n) is 14.8. The van der Waals surface area contributed by atoms with Crippen LogP contribution in [0.3, 0.4) is 0 Å². The van der Waals surface area contributed by atoms with Crippen LogP contribution in [-0.4, -0.2) is 86.4 Å². The summed E-state index contributed by atoms with van der Waals surface area (Å²) in [6.07, 6.45) is 0. The number of hydrogen-bond acceptors (Lipinski definition) is 0. The molecule has 0 saturated heterocycles. The lowest BCUT2D eigenvalue weighted by Crippen LogP contribution is -3.00. The fraction of sp³-hybridized carbons (Fsp3) is 0.0909. The SMILES string of the molecule is [Br-].[Si]c1ccc2c3c(cc([Si])c2c1)C[N+]1(Cc2cc([Si])c4cc([Si])ccc4c2-3)Cc2cc([Si])c3cc([Si])ccc3c2-c2c(cc([Si])c3cc([Si])ccc23)C1. The average molecular weight is 871 g/mol. The smallest absolute Gasteiger partial charge is 0.106 e. The first kappa shape index (κ1) is 36.6. The Labute approximate surface area is 353 Å². The third-order valence-corrected chi connectivity index (χ3v) is 14.3. The number of rotatable bonds is 0. The number of quaternary nitrogens is 1. The molecule has 10 rings (SSSR count). The Kier molecular flexibility index (Phi) is 9.01. The maximum Gasteiger partial charge on any atom is 0.106 e. The van der Waals surface area contributed by atoms with Crippen molar-refractivity contribution in [2.75, 3.05) is 0 Å². The zero-order valence-electron chi connectivity index (χ0n) is 28.9. The number of benzene rings is 8. The van der Waals surface area contributed by atoms with E-state index in [0.29, 0.717) is 0 Å². The minimum absolute atomic E-state index is 0. The predicted octanol–water partition coefficient (Wildman–Crippen LogP) is -1.47.